The third kappa shape index (κ3) is 2.94. The number of nitrogens with zero attached hydrogens (tertiary/aromatic N) is 2. The maximum atomic E-state index is 2.82. The van der Waals surface area contributed by atoms with Crippen LogP contribution in [0.5, 0.6) is 0 Å². The molecule has 2 heterocycles. The first kappa shape index (κ1) is 17.5. The fraction of sp³-hybridized carbons (Fsp3) is 0.636. The zero-order valence-electron chi connectivity index (χ0n) is 16.2. The Morgan fingerprint density at radius 1 is 1.28 bits per heavy atom. The smallest absolute Gasteiger partial charge is 0.0488 e. The molecule has 4 rings (SSSR count). The van der Waals surface area contributed by atoms with Crippen LogP contribution in [0.3, 0.4) is 0 Å². The Balaban J connectivity index is 1.80. The van der Waals surface area contributed by atoms with Crippen LogP contribution in [-0.2, 0) is 6.42 Å². The van der Waals surface area contributed by atoms with Crippen LogP contribution in [0.1, 0.15) is 56.7 Å². The molecule has 3 atom stereocenters. The largest absolute Gasteiger partial charge is 0.345 e. The minimum atomic E-state index is 0.530. The van der Waals surface area contributed by atoms with Crippen LogP contribution in [0, 0.1) is 5.92 Å². The van der Waals surface area contributed by atoms with Crippen molar-refractivity contribution in [2.75, 3.05) is 25.1 Å². The Kier molecular flexibility index (Phi) is 4.89. The van der Waals surface area contributed by atoms with E-state index in [4.69, 9.17) is 0 Å². The molecule has 136 valence electrons. The molecule has 0 bridgehead atoms. The van der Waals surface area contributed by atoms with Gasteiger partial charge >= 0.3 is 0 Å². The van der Waals surface area contributed by atoms with Gasteiger partial charge in [0.1, 0.15) is 0 Å². The van der Waals surface area contributed by atoms with E-state index in [0.717, 1.165) is 11.8 Å². The summed E-state index contributed by atoms with van der Waals surface area (Å²) >= 11 is 2.02. The Morgan fingerprint density at radius 3 is 2.84 bits per heavy atom. The van der Waals surface area contributed by atoms with Crippen LogP contribution < -0.4 is 0 Å². The fourth-order valence-corrected chi connectivity index (χ4v) is 6.07. The Labute approximate surface area is 157 Å². The van der Waals surface area contributed by atoms with E-state index in [-0.39, 0.29) is 0 Å². The topological polar surface area (TPSA) is 8.17 Å². The summed E-state index contributed by atoms with van der Waals surface area (Å²) in [6.07, 6.45) is 8.59. The third-order valence-electron chi connectivity index (χ3n) is 6.28. The summed E-state index contributed by atoms with van der Waals surface area (Å²) in [4.78, 5) is 2.82. The SMILES string of the molecule is CCCN1CC(CSC)C[C@@H]2c3cccc4c3c(cn4C(C)C)C[C@H]21. The van der Waals surface area contributed by atoms with Gasteiger partial charge in [-0.3, -0.25) is 4.90 Å². The van der Waals surface area contributed by atoms with Gasteiger partial charge in [0.15, 0.2) is 0 Å². The molecule has 0 amide bonds. The van der Waals surface area contributed by atoms with Crippen molar-refractivity contribution in [2.45, 2.75) is 58.0 Å². The monoisotopic (exact) mass is 356 g/mol. The first-order valence-corrected chi connectivity index (χ1v) is 11.4. The molecule has 0 N–H and O–H groups in total. The van der Waals surface area contributed by atoms with Gasteiger partial charge in [0.05, 0.1) is 0 Å². The van der Waals surface area contributed by atoms with Crippen LogP contribution in [-0.4, -0.2) is 40.6 Å². The van der Waals surface area contributed by atoms with E-state index < -0.39 is 0 Å². The quantitative estimate of drug-likeness (QED) is 0.716. The van der Waals surface area contributed by atoms with Crippen molar-refractivity contribution in [3.8, 4) is 0 Å². The number of rotatable bonds is 5. The number of piperidine rings is 1. The highest BCUT2D eigenvalue weighted by molar-refractivity contribution is 7.98. The second-order valence-corrected chi connectivity index (χ2v) is 9.24. The first-order chi connectivity index (χ1) is 12.1. The van der Waals surface area contributed by atoms with Gasteiger partial charge in [0.2, 0.25) is 0 Å². The number of thioether (sulfide) groups is 1. The van der Waals surface area contributed by atoms with Gasteiger partial charge in [-0.1, -0.05) is 19.1 Å². The lowest BCUT2D eigenvalue weighted by Crippen LogP contribution is -2.50. The number of aromatic nitrogens is 1. The lowest BCUT2D eigenvalue weighted by molar-refractivity contribution is 0.0926. The van der Waals surface area contributed by atoms with Crippen molar-refractivity contribution in [3.63, 3.8) is 0 Å². The van der Waals surface area contributed by atoms with E-state index in [2.05, 4.69) is 60.9 Å². The molecule has 0 radical (unpaired) electrons. The molecule has 1 aromatic carbocycles. The van der Waals surface area contributed by atoms with Crippen molar-refractivity contribution in [1.29, 1.82) is 0 Å². The van der Waals surface area contributed by atoms with Crippen molar-refractivity contribution in [3.05, 3.63) is 35.5 Å². The number of hydrogen-bond acceptors (Lipinski definition) is 2. The minimum Gasteiger partial charge on any atom is -0.345 e. The average molecular weight is 357 g/mol. The van der Waals surface area contributed by atoms with E-state index in [1.54, 1.807) is 16.5 Å². The van der Waals surface area contributed by atoms with Gasteiger partial charge in [-0.25, -0.2) is 0 Å². The first-order valence-electron chi connectivity index (χ1n) is 9.99. The zero-order valence-corrected chi connectivity index (χ0v) is 17.0. The van der Waals surface area contributed by atoms with Crippen LogP contribution in [0.15, 0.2) is 24.4 Å². The molecule has 2 aliphatic rings. The lowest BCUT2D eigenvalue weighted by Gasteiger charge is -2.47. The fourth-order valence-electron chi connectivity index (χ4n) is 5.36. The standard InChI is InChI=1S/C22H32N2S/c1-5-9-23-12-16(14-25-4)10-19-18-7-6-8-20-22(18)17(11-21(19)23)13-24(20)15(2)3/h6-8,13,15-16,19,21H,5,9-12,14H2,1-4H3/t16?,19-,21-/m1/s1. The molecule has 1 unspecified atom stereocenters. The maximum absolute atomic E-state index is 2.82. The molecule has 0 saturated carbocycles. The second kappa shape index (κ2) is 7.00. The normalized spacial score (nSPS) is 26.4. The Bertz CT molecular complexity index is 748. The van der Waals surface area contributed by atoms with Crippen LogP contribution in [0.25, 0.3) is 10.9 Å². The van der Waals surface area contributed by atoms with Crippen LogP contribution in [0.2, 0.25) is 0 Å². The molecule has 2 aromatic rings. The van der Waals surface area contributed by atoms with Gasteiger partial charge in [0.25, 0.3) is 0 Å². The van der Waals surface area contributed by atoms with Gasteiger partial charge < -0.3 is 4.57 Å². The summed E-state index contributed by atoms with van der Waals surface area (Å²) < 4.78 is 2.50. The Hall–Kier alpha value is -0.930. The highest BCUT2D eigenvalue weighted by Crippen LogP contribution is 2.46. The summed E-state index contributed by atoms with van der Waals surface area (Å²) in [5, 5.41) is 1.58. The minimum absolute atomic E-state index is 0.530. The summed E-state index contributed by atoms with van der Waals surface area (Å²) in [6.45, 7) is 9.49. The molecule has 1 fully saturated rings. The van der Waals surface area contributed by atoms with E-state index in [1.807, 2.05) is 11.8 Å². The zero-order chi connectivity index (χ0) is 17.6. The van der Waals surface area contributed by atoms with Gasteiger partial charge in [-0.15, -0.1) is 0 Å². The van der Waals surface area contributed by atoms with Crippen molar-refractivity contribution < 1.29 is 0 Å². The van der Waals surface area contributed by atoms with Crippen LogP contribution >= 0.6 is 11.8 Å². The summed E-state index contributed by atoms with van der Waals surface area (Å²) in [5.74, 6) is 2.86. The number of likely N-dealkylation sites (tertiary alicyclic amines) is 1. The van der Waals surface area contributed by atoms with Gasteiger partial charge in [-0.05, 0) is 74.8 Å². The van der Waals surface area contributed by atoms with E-state index >= 15 is 0 Å². The lowest BCUT2D eigenvalue weighted by atomic mass is 9.72. The predicted molar refractivity (Wildman–Crippen MR) is 111 cm³/mol. The summed E-state index contributed by atoms with van der Waals surface area (Å²) in [7, 11) is 0. The van der Waals surface area contributed by atoms with Crippen molar-refractivity contribution in [2.24, 2.45) is 5.92 Å². The molecule has 1 aliphatic heterocycles. The van der Waals surface area contributed by atoms with Crippen molar-refractivity contribution in [1.82, 2.24) is 9.47 Å². The molecular formula is C22H32N2S. The predicted octanol–water partition coefficient (Wildman–Crippen LogP) is 5.33. The molecule has 2 nitrogen and oxygen atoms in total. The molecule has 3 heteroatoms. The van der Waals surface area contributed by atoms with E-state index in [1.165, 1.54) is 43.6 Å². The maximum Gasteiger partial charge on any atom is 0.0488 e. The van der Waals surface area contributed by atoms with E-state index in [9.17, 15) is 0 Å². The number of hydrogen-bond donors (Lipinski definition) is 0. The van der Waals surface area contributed by atoms with Gasteiger partial charge in [0, 0.05) is 41.6 Å². The average Bonchev–Trinajstić information content (AvgIpc) is 2.97. The number of benzene rings is 1. The van der Waals surface area contributed by atoms with Crippen LogP contribution in [0.4, 0.5) is 0 Å². The summed E-state index contributed by atoms with van der Waals surface area (Å²) in [6, 6.07) is 8.29. The molecule has 25 heavy (non-hydrogen) atoms. The summed E-state index contributed by atoms with van der Waals surface area (Å²) in [5.41, 5.74) is 4.68. The Morgan fingerprint density at radius 2 is 2.12 bits per heavy atom. The molecule has 0 spiro atoms. The second-order valence-electron chi connectivity index (χ2n) is 8.33. The van der Waals surface area contributed by atoms with Gasteiger partial charge in [-0.2, -0.15) is 11.8 Å². The molecule has 1 aromatic heterocycles. The number of fused-ring (bicyclic) bond motifs is 2. The highest BCUT2D eigenvalue weighted by Gasteiger charge is 2.40. The van der Waals surface area contributed by atoms with Crippen molar-refractivity contribution >= 4 is 22.7 Å². The molecular weight excluding hydrogens is 324 g/mol. The highest BCUT2D eigenvalue weighted by atomic mass is 32.2. The van der Waals surface area contributed by atoms with E-state index in [0.29, 0.717) is 12.1 Å². The molecule has 1 saturated heterocycles. The molecule has 1 aliphatic carbocycles. The third-order valence-corrected chi connectivity index (χ3v) is 7.09.